The number of imidazole rings is 1. The van der Waals surface area contributed by atoms with Crippen LogP contribution in [0.4, 0.5) is 17.5 Å². The highest BCUT2D eigenvalue weighted by Gasteiger charge is 2.26. The molecular weight excluding hydrogens is 486 g/mol. The van der Waals surface area contributed by atoms with Crippen molar-refractivity contribution in [3.63, 3.8) is 0 Å². The predicted octanol–water partition coefficient (Wildman–Crippen LogP) is 3.93. The number of amides is 1. The lowest BCUT2D eigenvalue weighted by Gasteiger charge is -2.31. The van der Waals surface area contributed by atoms with E-state index in [-0.39, 0.29) is 5.91 Å². The standard InChI is InChI=1S/C26H31N9OS/c1-17(36)27-19-5-7-21(8-6-19)37-25-14-24-28-20(15-34-11-9-33(2)10-12-34)16-35(24)26(30-25)29-23-13-22(31-32-23)18-3-4-18/h5-8,13-14,16,18H,3-4,9-12,15H2,1-2H3,(H,27,36)(H2,29,30,31,32). The van der Waals surface area contributed by atoms with Gasteiger partial charge in [0, 0.05) is 80.2 Å². The summed E-state index contributed by atoms with van der Waals surface area (Å²) < 4.78 is 2.01. The fourth-order valence-electron chi connectivity index (χ4n) is 4.52. The molecule has 0 radical (unpaired) electrons. The summed E-state index contributed by atoms with van der Waals surface area (Å²) in [5.74, 6) is 1.95. The van der Waals surface area contributed by atoms with Crippen molar-refractivity contribution >= 4 is 40.8 Å². The molecule has 10 nitrogen and oxygen atoms in total. The van der Waals surface area contributed by atoms with Gasteiger partial charge in [-0.25, -0.2) is 9.97 Å². The Hall–Kier alpha value is -3.41. The zero-order valence-electron chi connectivity index (χ0n) is 21.1. The Labute approximate surface area is 219 Å². The van der Waals surface area contributed by atoms with Gasteiger partial charge in [-0.15, -0.1) is 0 Å². The van der Waals surface area contributed by atoms with Crippen LogP contribution < -0.4 is 10.6 Å². The molecule has 1 aliphatic carbocycles. The van der Waals surface area contributed by atoms with Crippen LogP contribution >= 0.6 is 11.8 Å². The highest BCUT2D eigenvalue weighted by Crippen LogP contribution is 2.39. The van der Waals surface area contributed by atoms with Gasteiger partial charge in [-0.05, 0) is 44.2 Å². The second kappa shape index (κ2) is 10.2. The molecule has 0 unspecified atom stereocenters. The predicted molar refractivity (Wildman–Crippen MR) is 144 cm³/mol. The number of benzene rings is 1. The molecule has 11 heteroatoms. The van der Waals surface area contributed by atoms with E-state index in [4.69, 9.17) is 9.97 Å². The van der Waals surface area contributed by atoms with Gasteiger partial charge in [-0.3, -0.25) is 19.2 Å². The number of anilines is 3. The molecule has 1 aliphatic heterocycles. The zero-order chi connectivity index (χ0) is 25.4. The molecule has 1 saturated carbocycles. The van der Waals surface area contributed by atoms with E-state index in [2.05, 4.69) is 49.9 Å². The number of hydrogen-bond acceptors (Lipinski definition) is 8. The van der Waals surface area contributed by atoms with Crippen molar-refractivity contribution in [2.24, 2.45) is 0 Å². The van der Waals surface area contributed by atoms with E-state index >= 15 is 0 Å². The quantitative estimate of drug-likeness (QED) is 0.302. The number of H-pyrrole nitrogens is 1. The number of nitrogens with zero attached hydrogens (tertiary/aromatic N) is 6. The zero-order valence-corrected chi connectivity index (χ0v) is 21.9. The van der Waals surface area contributed by atoms with Crippen LogP contribution in [-0.2, 0) is 11.3 Å². The first-order valence-corrected chi connectivity index (χ1v) is 13.5. The van der Waals surface area contributed by atoms with Crippen LogP contribution in [0.15, 0.2) is 52.5 Å². The maximum atomic E-state index is 11.3. The van der Waals surface area contributed by atoms with Crippen LogP contribution in [0, 0.1) is 0 Å². The van der Waals surface area contributed by atoms with Crippen molar-refractivity contribution in [1.82, 2.24) is 34.4 Å². The average molecular weight is 518 g/mol. The van der Waals surface area contributed by atoms with Gasteiger partial charge in [0.2, 0.25) is 11.9 Å². The highest BCUT2D eigenvalue weighted by molar-refractivity contribution is 7.99. The maximum Gasteiger partial charge on any atom is 0.221 e. The van der Waals surface area contributed by atoms with Crippen molar-refractivity contribution in [2.45, 2.75) is 42.1 Å². The third-order valence-electron chi connectivity index (χ3n) is 6.71. The van der Waals surface area contributed by atoms with Gasteiger partial charge < -0.3 is 15.5 Å². The van der Waals surface area contributed by atoms with Gasteiger partial charge in [-0.1, -0.05) is 11.8 Å². The van der Waals surface area contributed by atoms with Crippen molar-refractivity contribution in [1.29, 1.82) is 0 Å². The Morgan fingerprint density at radius 3 is 2.62 bits per heavy atom. The van der Waals surface area contributed by atoms with E-state index in [1.807, 2.05) is 34.7 Å². The number of nitrogens with one attached hydrogen (secondary N) is 3. The lowest BCUT2D eigenvalue weighted by atomic mass is 10.3. The van der Waals surface area contributed by atoms with E-state index in [1.54, 1.807) is 11.8 Å². The molecule has 3 N–H and O–H groups in total. The second-order valence-electron chi connectivity index (χ2n) is 9.87. The Morgan fingerprint density at radius 1 is 1.11 bits per heavy atom. The Bertz CT molecular complexity index is 1400. The molecule has 1 aromatic carbocycles. The molecule has 6 rings (SSSR count). The number of aromatic amines is 1. The SMILES string of the molecule is CC(=O)Nc1ccc(Sc2cc3nc(CN4CCN(C)CC4)cn3c(Nc3cc(C4CC4)[nH]n3)n2)cc1. The molecule has 1 amide bonds. The number of carbonyl (C=O) groups excluding carboxylic acids is 1. The smallest absolute Gasteiger partial charge is 0.221 e. The van der Waals surface area contributed by atoms with Crippen molar-refractivity contribution < 1.29 is 4.79 Å². The molecule has 37 heavy (non-hydrogen) atoms. The monoisotopic (exact) mass is 517 g/mol. The third-order valence-corrected chi connectivity index (χ3v) is 7.64. The normalized spacial score (nSPS) is 16.8. The molecule has 1 saturated heterocycles. The molecule has 0 atom stereocenters. The first-order chi connectivity index (χ1) is 18.0. The minimum atomic E-state index is -0.0851. The van der Waals surface area contributed by atoms with E-state index in [9.17, 15) is 4.79 Å². The molecule has 2 fully saturated rings. The third kappa shape index (κ3) is 5.79. The van der Waals surface area contributed by atoms with Crippen LogP contribution in [0.1, 0.15) is 37.1 Å². The lowest BCUT2D eigenvalue weighted by molar-refractivity contribution is -0.114. The Kier molecular flexibility index (Phi) is 6.58. The minimum Gasteiger partial charge on any atom is -0.326 e. The minimum absolute atomic E-state index is 0.0851. The van der Waals surface area contributed by atoms with Gasteiger partial charge in [0.05, 0.1) is 5.69 Å². The number of piperazine rings is 1. The highest BCUT2D eigenvalue weighted by atomic mass is 32.2. The largest absolute Gasteiger partial charge is 0.326 e. The van der Waals surface area contributed by atoms with Gasteiger partial charge in [-0.2, -0.15) is 5.10 Å². The van der Waals surface area contributed by atoms with Crippen LogP contribution in [0.2, 0.25) is 0 Å². The molecular formula is C26H31N9OS. The van der Waals surface area contributed by atoms with Gasteiger partial charge in [0.15, 0.2) is 5.82 Å². The molecule has 0 bridgehead atoms. The first-order valence-electron chi connectivity index (χ1n) is 12.7. The molecule has 4 heterocycles. The summed E-state index contributed by atoms with van der Waals surface area (Å²) >= 11 is 1.56. The van der Waals surface area contributed by atoms with Crippen molar-refractivity contribution in [3.8, 4) is 0 Å². The number of hydrogen-bond donors (Lipinski definition) is 3. The summed E-state index contributed by atoms with van der Waals surface area (Å²) in [4.78, 5) is 27.1. The van der Waals surface area contributed by atoms with Crippen LogP contribution in [-0.4, -0.2) is 73.5 Å². The fraction of sp³-hybridized carbons (Fsp3) is 0.385. The number of likely N-dealkylation sites (N-methyl/N-ethyl adjacent to an activating group) is 1. The van der Waals surface area contributed by atoms with Crippen LogP contribution in [0.25, 0.3) is 5.65 Å². The number of carbonyl (C=O) groups is 1. The number of aromatic nitrogens is 5. The summed E-state index contributed by atoms with van der Waals surface area (Å²) in [6, 6.07) is 11.9. The van der Waals surface area contributed by atoms with Crippen LogP contribution in [0.3, 0.4) is 0 Å². The van der Waals surface area contributed by atoms with E-state index in [0.29, 0.717) is 11.9 Å². The first kappa shape index (κ1) is 24.0. The number of rotatable bonds is 8. The van der Waals surface area contributed by atoms with E-state index < -0.39 is 0 Å². The summed E-state index contributed by atoms with van der Waals surface area (Å²) in [5, 5.41) is 14.7. The topological polar surface area (TPSA) is 106 Å². The Morgan fingerprint density at radius 2 is 1.89 bits per heavy atom. The molecule has 0 spiro atoms. The maximum absolute atomic E-state index is 11.3. The molecule has 3 aromatic heterocycles. The molecule has 2 aliphatic rings. The van der Waals surface area contributed by atoms with Gasteiger partial charge in [0.25, 0.3) is 0 Å². The molecule has 192 valence electrons. The fourth-order valence-corrected chi connectivity index (χ4v) is 5.33. The summed E-state index contributed by atoms with van der Waals surface area (Å²) in [7, 11) is 2.17. The Balaban J connectivity index is 1.28. The lowest BCUT2D eigenvalue weighted by Crippen LogP contribution is -2.43. The van der Waals surface area contributed by atoms with Crippen molar-refractivity contribution in [3.05, 3.63) is 54.0 Å². The number of fused-ring (bicyclic) bond motifs is 1. The summed E-state index contributed by atoms with van der Waals surface area (Å²) in [6.45, 7) is 6.56. The van der Waals surface area contributed by atoms with Gasteiger partial charge in [0.1, 0.15) is 10.7 Å². The second-order valence-corrected chi connectivity index (χ2v) is 11.0. The van der Waals surface area contributed by atoms with Crippen LogP contribution in [0.5, 0.6) is 0 Å². The van der Waals surface area contributed by atoms with Crippen molar-refractivity contribution in [2.75, 3.05) is 43.9 Å². The van der Waals surface area contributed by atoms with E-state index in [1.165, 1.54) is 25.5 Å². The average Bonchev–Trinajstić information content (AvgIpc) is 3.48. The summed E-state index contributed by atoms with van der Waals surface area (Å²) in [6.07, 6.45) is 4.51. The summed E-state index contributed by atoms with van der Waals surface area (Å²) in [5.41, 5.74) is 3.81. The van der Waals surface area contributed by atoms with Gasteiger partial charge >= 0.3 is 0 Å². The molecule has 4 aromatic rings. The van der Waals surface area contributed by atoms with E-state index in [0.717, 1.165) is 65.5 Å².